The highest BCUT2D eigenvalue weighted by Gasteiger charge is 2.37. The Kier molecular flexibility index (Phi) is 9.07. The van der Waals surface area contributed by atoms with Crippen LogP contribution in [-0.2, 0) is 12.6 Å². The van der Waals surface area contributed by atoms with Gasteiger partial charge in [-0.15, -0.1) is 0 Å². The maximum atomic E-state index is 15.1. The van der Waals surface area contributed by atoms with Crippen molar-refractivity contribution in [3.8, 4) is 11.8 Å². The molecule has 1 aliphatic carbocycles. The van der Waals surface area contributed by atoms with Crippen LogP contribution in [0.3, 0.4) is 0 Å². The molecular formula is C32H32F6. The number of hydrogen-bond acceptors (Lipinski definition) is 0. The average Bonchev–Trinajstić information content (AvgIpc) is 2.87. The predicted molar refractivity (Wildman–Crippen MR) is 139 cm³/mol. The van der Waals surface area contributed by atoms with Crippen LogP contribution in [0.15, 0.2) is 42.5 Å². The first-order valence-electron chi connectivity index (χ1n) is 13.4. The van der Waals surface area contributed by atoms with Crippen LogP contribution < -0.4 is 0 Å². The maximum absolute atomic E-state index is 15.1. The summed E-state index contributed by atoms with van der Waals surface area (Å²) in [6.45, 7) is 2.24. The largest absolute Gasteiger partial charge is 0.422 e. The molecular weight excluding hydrogens is 498 g/mol. The topological polar surface area (TPSA) is 0 Å². The molecule has 0 bridgehead atoms. The van der Waals surface area contributed by atoms with Gasteiger partial charge in [0.1, 0.15) is 23.0 Å². The number of alkyl halides is 3. The molecule has 38 heavy (non-hydrogen) atoms. The average molecular weight is 531 g/mol. The van der Waals surface area contributed by atoms with Gasteiger partial charge in [0.15, 0.2) is 0 Å². The van der Waals surface area contributed by atoms with Gasteiger partial charge in [0, 0.05) is 10.9 Å². The second kappa shape index (κ2) is 12.3. The molecule has 0 unspecified atom stereocenters. The van der Waals surface area contributed by atoms with E-state index in [0.717, 1.165) is 35.6 Å². The zero-order valence-corrected chi connectivity index (χ0v) is 21.5. The molecule has 0 aliphatic heterocycles. The van der Waals surface area contributed by atoms with E-state index in [-0.39, 0.29) is 11.1 Å². The smallest absolute Gasteiger partial charge is 0.206 e. The third-order valence-electron chi connectivity index (χ3n) is 7.71. The van der Waals surface area contributed by atoms with Gasteiger partial charge in [-0.2, -0.15) is 13.2 Å². The summed E-state index contributed by atoms with van der Waals surface area (Å²) in [5, 5.41) is 1.11. The zero-order chi connectivity index (χ0) is 27.3. The Morgan fingerprint density at radius 3 is 2.08 bits per heavy atom. The van der Waals surface area contributed by atoms with Gasteiger partial charge in [-0.1, -0.05) is 94.4 Å². The fourth-order valence-corrected chi connectivity index (χ4v) is 5.51. The molecule has 0 amide bonds. The summed E-state index contributed by atoms with van der Waals surface area (Å²) in [5.74, 6) is 2.41. The van der Waals surface area contributed by atoms with Crippen molar-refractivity contribution in [3.05, 3.63) is 82.2 Å². The van der Waals surface area contributed by atoms with Crippen LogP contribution in [0.4, 0.5) is 26.3 Å². The standard InChI is InChI=1S/C32H32F6/c1-2-3-4-5-21-6-8-22(9-7-21)10-11-23-13-17-27-26(18-23)16-15-25(31(27)35)14-12-24-19-28(33)30(29(34)20-24)32(36,37)38/h13,15-22H,2-11H2,1H3. The number of rotatable bonds is 7. The molecule has 0 saturated heterocycles. The Morgan fingerprint density at radius 1 is 0.789 bits per heavy atom. The molecule has 6 heteroatoms. The monoisotopic (exact) mass is 530 g/mol. The Labute approximate surface area is 220 Å². The summed E-state index contributed by atoms with van der Waals surface area (Å²) in [5.41, 5.74) is -1.12. The van der Waals surface area contributed by atoms with Crippen molar-refractivity contribution < 1.29 is 26.3 Å². The normalized spacial score (nSPS) is 17.9. The molecule has 3 aromatic rings. The first kappa shape index (κ1) is 28.1. The fourth-order valence-electron chi connectivity index (χ4n) is 5.51. The van der Waals surface area contributed by atoms with Gasteiger partial charge in [-0.05, 0) is 53.8 Å². The van der Waals surface area contributed by atoms with Crippen molar-refractivity contribution in [1.82, 2.24) is 0 Å². The SMILES string of the molecule is CCCCCC1CCC(CCc2ccc3c(F)c(C#Cc4cc(F)c(C(F)(F)F)c(F)c4)ccc3c2)CC1. The van der Waals surface area contributed by atoms with E-state index in [9.17, 15) is 22.0 Å². The first-order valence-corrected chi connectivity index (χ1v) is 13.4. The second-order valence-electron chi connectivity index (χ2n) is 10.5. The molecule has 0 spiro atoms. The van der Waals surface area contributed by atoms with Crippen molar-refractivity contribution in [2.45, 2.75) is 77.3 Å². The van der Waals surface area contributed by atoms with Gasteiger partial charge in [0.05, 0.1) is 5.56 Å². The van der Waals surface area contributed by atoms with Crippen LogP contribution in [-0.4, -0.2) is 0 Å². The Bertz CT molecular complexity index is 1300. The number of aryl methyl sites for hydroxylation is 1. The highest BCUT2D eigenvalue weighted by molar-refractivity contribution is 5.85. The summed E-state index contributed by atoms with van der Waals surface area (Å²) in [6, 6.07) is 9.83. The number of fused-ring (bicyclic) bond motifs is 1. The van der Waals surface area contributed by atoms with Crippen molar-refractivity contribution in [2.75, 3.05) is 0 Å². The summed E-state index contributed by atoms with van der Waals surface area (Å²) in [6.07, 6.45) is 7.44. The molecule has 3 aromatic carbocycles. The first-order chi connectivity index (χ1) is 18.2. The minimum absolute atomic E-state index is 0.00154. The predicted octanol–water partition coefficient (Wildman–Crippen LogP) is 9.99. The van der Waals surface area contributed by atoms with Crippen LogP contribution in [0, 0.1) is 41.1 Å². The molecule has 4 rings (SSSR count). The molecule has 0 radical (unpaired) electrons. The van der Waals surface area contributed by atoms with Crippen molar-refractivity contribution in [2.24, 2.45) is 11.8 Å². The van der Waals surface area contributed by atoms with E-state index in [4.69, 9.17) is 0 Å². The summed E-state index contributed by atoms with van der Waals surface area (Å²) in [7, 11) is 0. The maximum Gasteiger partial charge on any atom is 0.422 e. The van der Waals surface area contributed by atoms with Crippen molar-refractivity contribution >= 4 is 10.8 Å². The lowest BCUT2D eigenvalue weighted by atomic mass is 9.77. The van der Waals surface area contributed by atoms with Crippen molar-refractivity contribution in [1.29, 1.82) is 0 Å². The lowest BCUT2D eigenvalue weighted by Crippen LogP contribution is -2.15. The minimum Gasteiger partial charge on any atom is -0.206 e. The van der Waals surface area contributed by atoms with E-state index >= 15 is 4.39 Å². The third-order valence-corrected chi connectivity index (χ3v) is 7.71. The van der Waals surface area contributed by atoms with Crippen LogP contribution in [0.25, 0.3) is 10.8 Å². The molecule has 1 aliphatic rings. The van der Waals surface area contributed by atoms with Crippen LogP contribution in [0.5, 0.6) is 0 Å². The molecule has 0 atom stereocenters. The lowest BCUT2D eigenvalue weighted by Gasteiger charge is -2.28. The third kappa shape index (κ3) is 6.92. The summed E-state index contributed by atoms with van der Waals surface area (Å²) >= 11 is 0. The van der Waals surface area contributed by atoms with Gasteiger partial charge in [0.25, 0.3) is 0 Å². The minimum atomic E-state index is -5.16. The van der Waals surface area contributed by atoms with Crippen LogP contribution >= 0.6 is 0 Å². The fraction of sp³-hybridized carbons (Fsp3) is 0.438. The molecule has 0 nitrogen and oxygen atoms in total. The molecule has 202 valence electrons. The molecule has 1 saturated carbocycles. The molecule has 0 heterocycles. The second-order valence-corrected chi connectivity index (χ2v) is 10.5. The van der Waals surface area contributed by atoms with E-state index in [0.29, 0.717) is 17.5 Å². The highest BCUT2D eigenvalue weighted by atomic mass is 19.4. The molecule has 1 fully saturated rings. The van der Waals surface area contributed by atoms with Gasteiger partial charge in [0.2, 0.25) is 0 Å². The van der Waals surface area contributed by atoms with E-state index in [1.54, 1.807) is 12.1 Å². The van der Waals surface area contributed by atoms with Crippen LogP contribution in [0.2, 0.25) is 0 Å². The van der Waals surface area contributed by atoms with E-state index in [2.05, 4.69) is 18.8 Å². The Hall–Kier alpha value is -2.94. The van der Waals surface area contributed by atoms with E-state index < -0.39 is 29.2 Å². The van der Waals surface area contributed by atoms with Gasteiger partial charge < -0.3 is 0 Å². The molecule has 0 aromatic heterocycles. The number of benzene rings is 3. The molecule has 0 N–H and O–H groups in total. The van der Waals surface area contributed by atoms with Gasteiger partial charge >= 0.3 is 6.18 Å². The summed E-state index contributed by atoms with van der Waals surface area (Å²) < 4.78 is 81.0. The Balaban J connectivity index is 1.41. The summed E-state index contributed by atoms with van der Waals surface area (Å²) in [4.78, 5) is 0. The quantitative estimate of drug-likeness (QED) is 0.162. The van der Waals surface area contributed by atoms with E-state index in [1.807, 2.05) is 12.1 Å². The lowest BCUT2D eigenvalue weighted by molar-refractivity contribution is -0.142. The van der Waals surface area contributed by atoms with Crippen molar-refractivity contribution in [3.63, 3.8) is 0 Å². The zero-order valence-electron chi connectivity index (χ0n) is 21.5. The number of unbranched alkanes of at least 4 members (excludes halogenated alkanes) is 2. The number of hydrogen-bond donors (Lipinski definition) is 0. The number of halogens is 6. The van der Waals surface area contributed by atoms with E-state index in [1.165, 1.54) is 57.4 Å². The highest BCUT2D eigenvalue weighted by Crippen LogP contribution is 2.35. The van der Waals surface area contributed by atoms with Gasteiger partial charge in [-0.25, -0.2) is 13.2 Å². The van der Waals surface area contributed by atoms with Gasteiger partial charge in [-0.3, -0.25) is 0 Å². The Morgan fingerprint density at radius 2 is 1.45 bits per heavy atom. The van der Waals surface area contributed by atoms with Crippen LogP contribution in [0.1, 0.15) is 87.0 Å².